The second-order valence-electron chi connectivity index (χ2n) is 8.02. The highest BCUT2D eigenvalue weighted by molar-refractivity contribution is 7.13. The van der Waals surface area contributed by atoms with Crippen molar-refractivity contribution in [1.82, 2.24) is 4.98 Å². The molecule has 2 aromatic carbocycles. The number of ether oxygens (including phenoxy) is 1. The molecule has 4 rings (SSSR count). The van der Waals surface area contributed by atoms with Gasteiger partial charge in [-0.15, -0.1) is 11.3 Å². The Labute approximate surface area is 195 Å². The van der Waals surface area contributed by atoms with Gasteiger partial charge in [0.1, 0.15) is 0 Å². The smallest absolute Gasteiger partial charge is 0.255 e. The maximum Gasteiger partial charge on any atom is 0.255 e. The van der Waals surface area contributed by atoms with E-state index in [2.05, 4.69) is 42.9 Å². The van der Waals surface area contributed by atoms with Crippen LogP contribution in [0.15, 0.2) is 53.9 Å². The number of thiazole rings is 1. The number of hydrogen-bond acceptors (Lipinski definition) is 6. The first kappa shape index (κ1) is 23.8. The van der Waals surface area contributed by atoms with E-state index in [0.29, 0.717) is 10.7 Å². The van der Waals surface area contributed by atoms with Crippen LogP contribution in [-0.4, -0.2) is 36.2 Å². The van der Waals surface area contributed by atoms with Crippen molar-refractivity contribution < 1.29 is 11.0 Å². The molecule has 3 aromatic rings. The fourth-order valence-electron chi connectivity index (χ4n) is 3.59. The summed E-state index contributed by atoms with van der Waals surface area (Å²) in [5.74, 6) is -0.156. The monoisotopic (exact) mass is 454 g/mol. The van der Waals surface area contributed by atoms with Crippen molar-refractivity contribution in [3.05, 3.63) is 59.5 Å². The second kappa shape index (κ2) is 11.1. The number of rotatable bonds is 4. The van der Waals surface area contributed by atoms with Crippen LogP contribution in [0, 0.1) is 0 Å². The molecule has 0 unspecified atom stereocenters. The summed E-state index contributed by atoms with van der Waals surface area (Å²) < 4.78 is 5.80. The average Bonchev–Trinajstić information content (AvgIpc) is 3.21. The summed E-state index contributed by atoms with van der Waals surface area (Å²) in [6.45, 7) is 10.2. The lowest BCUT2D eigenvalue weighted by atomic mass is 10.1. The standard InChI is InChI=1S/C22H24N4O2S.C3H8.H2/c1-14-11-26(12-15(2)28-14)19-8-6-18(7-9-19)24-21(27)17-5-3-4-16(10-17)20-13-29-22(23)25-20;1-3-2;/h3-10,13-15H,11-12H2,1-2H3,(H2,23,25)(H,24,27);3H2,1-2H3;1H/t14-,15+;;. The SMILES string of the molecule is CCC.C[C@@H]1CN(c2ccc(NC(=O)c3cccc(-c4csc(N)n4)c3)cc2)C[C@H](C)O1.[HH]. The highest BCUT2D eigenvalue weighted by atomic mass is 32.1. The van der Waals surface area contributed by atoms with Crippen LogP contribution in [0.3, 0.4) is 0 Å². The lowest BCUT2D eigenvalue weighted by Gasteiger charge is -2.36. The molecule has 0 radical (unpaired) electrons. The minimum atomic E-state index is -0.156. The summed E-state index contributed by atoms with van der Waals surface area (Å²) in [5.41, 5.74) is 9.84. The number of aromatic nitrogens is 1. The molecule has 0 bridgehead atoms. The summed E-state index contributed by atoms with van der Waals surface area (Å²) in [6.07, 6.45) is 1.66. The van der Waals surface area contributed by atoms with Gasteiger partial charge in [0.2, 0.25) is 0 Å². The highest BCUT2D eigenvalue weighted by Crippen LogP contribution is 2.25. The topological polar surface area (TPSA) is 80.5 Å². The van der Waals surface area contributed by atoms with Crippen LogP contribution in [-0.2, 0) is 4.74 Å². The van der Waals surface area contributed by atoms with Crippen LogP contribution in [0.2, 0.25) is 0 Å². The molecule has 0 aliphatic carbocycles. The molecule has 2 atom stereocenters. The zero-order valence-electron chi connectivity index (χ0n) is 19.2. The van der Waals surface area contributed by atoms with E-state index in [0.717, 1.165) is 35.7 Å². The van der Waals surface area contributed by atoms with Crippen molar-refractivity contribution in [3.8, 4) is 11.3 Å². The first-order valence-electron chi connectivity index (χ1n) is 11.0. The van der Waals surface area contributed by atoms with Gasteiger partial charge in [-0.05, 0) is 50.2 Å². The molecular formula is C25H34N4O2S. The first-order valence-corrected chi connectivity index (χ1v) is 11.9. The number of morpholine rings is 1. The fraction of sp³-hybridized carbons (Fsp3) is 0.360. The van der Waals surface area contributed by atoms with Gasteiger partial charge in [-0.1, -0.05) is 32.4 Å². The molecule has 1 amide bonds. The van der Waals surface area contributed by atoms with Crippen molar-refractivity contribution >= 4 is 33.8 Å². The van der Waals surface area contributed by atoms with Crippen LogP contribution in [0.5, 0.6) is 0 Å². The molecule has 32 heavy (non-hydrogen) atoms. The first-order chi connectivity index (χ1) is 15.4. The van der Waals surface area contributed by atoms with Gasteiger partial charge in [0.25, 0.3) is 5.91 Å². The van der Waals surface area contributed by atoms with E-state index in [-0.39, 0.29) is 19.5 Å². The number of nitrogens with zero attached hydrogens (tertiary/aromatic N) is 2. The van der Waals surface area contributed by atoms with Crippen LogP contribution >= 0.6 is 11.3 Å². The molecule has 1 aliphatic heterocycles. The van der Waals surface area contributed by atoms with Crippen LogP contribution < -0.4 is 16.0 Å². The number of nitrogens with two attached hydrogens (primary N) is 1. The molecule has 7 heteroatoms. The van der Waals surface area contributed by atoms with Crippen molar-refractivity contribution in [3.63, 3.8) is 0 Å². The molecule has 0 saturated carbocycles. The Morgan fingerprint density at radius 3 is 2.44 bits per heavy atom. The van der Waals surface area contributed by atoms with Gasteiger partial charge in [-0.3, -0.25) is 4.79 Å². The third kappa shape index (κ3) is 6.31. The van der Waals surface area contributed by atoms with E-state index in [1.165, 1.54) is 17.8 Å². The number of hydrogen-bond donors (Lipinski definition) is 2. The number of carbonyl (C=O) groups is 1. The largest absolute Gasteiger partial charge is 0.375 e. The molecule has 2 heterocycles. The summed E-state index contributed by atoms with van der Waals surface area (Å²) >= 11 is 1.38. The number of benzene rings is 2. The quantitative estimate of drug-likeness (QED) is 0.511. The van der Waals surface area contributed by atoms with E-state index >= 15 is 0 Å². The molecular weight excluding hydrogens is 420 g/mol. The van der Waals surface area contributed by atoms with Crippen molar-refractivity contribution in [2.45, 2.75) is 46.3 Å². The molecule has 1 fully saturated rings. The van der Waals surface area contributed by atoms with E-state index in [4.69, 9.17) is 10.5 Å². The minimum absolute atomic E-state index is 0. The highest BCUT2D eigenvalue weighted by Gasteiger charge is 2.22. The van der Waals surface area contributed by atoms with Crippen molar-refractivity contribution in [1.29, 1.82) is 0 Å². The number of anilines is 3. The van der Waals surface area contributed by atoms with E-state index in [9.17, 15) is 4.79 Å². The Kier molecular flexibility index (Phi) is 8.25. The zero-order valence-corrected chi connectivity index (χ0v) is 20.0. The molecule has 6 nitrogen and oxygen atoms in total. The number of amides is 1. The predicted molar refractivity (Wildman–Crippen MR) is 137 cm³/mol. The normalized spacial score (nSPS) is 17.9. The lowest BCUT2D eigenvalue weighted by molar-refractivity contribution is -0.00521. The number of nitrogen functional groups attached to an aromatic ring is 1. The zero-order chi connectivity index (χ0) is 23.1. The van der Waals surface area contributed by atoms with E-state index in [1.807, 2.05) is 47.8 Å². The number of carbonyl (C=O) groups excluding carboxylic acids is 1. The van der Waals surface area contributed by atoms with Crippen LogP contribution in [0.4, 0.5) is 16.5 Å². The minimum Gasteiger partial charge on any atom is -0.375 e. The molecule has 172 valence electrons. The van der Waals surface area contributed by atoms with Gasteiger partial charge in [-0.25, -0.2) is 4.98 Å². The van der Waals surface area contributed by atoms with Gasteiger partial charge in [0.15, 0.2) is 5.13 Å². The van der Waals surface area contributed by atoms with E-state index < -0.39 is 0 Å². The van der Waals surface area contributed by atoms with Gasteiger partial charge >= 0.3 is 0 Å². The maximum atomic E-state index is 12.7. The summed E-state index contributed by atoms with van der Waals surface area (Å²) in [5, 5.41) is 5.37. The molecule has 3 N–H and O–H groups in total. The predicted octanol–water partition coefficient (Wildman–Crippen LogP) is 5.92. The van der Waals surface area contributed by atoms with E-state index in [1.54, 1.807) is 6.07 Å². The third-order valence-corrected chi connectivity index (χ3v) is 5.53. The van der Waals surface area contributed by atoms with Gasteiger partial charge < -0.3 is 20.7 Å². The average molecular weight is 455 g/mol. The Hall–Kier alpha value is -2.90. The Morgan fingerprint density at radius 2 is 1.84 bits per heavy atom. The van der Waals surface area contributed by atoms with Crippen LogP contribution in [0.1, 0.15) is 45.9 Å². The second-order valence-corrected chi connectivity index (χ2v) is 8.91. The van der Waals surface area contributed by atoms with Crippen LogP contribution in [0.25, 0.3) is 11.3 Å². The maximum absolute atomic E-state index is 12.7. The Bertz CT molecular complexity index is 1020. The fourth-order valence-corrected chi connectivity index (χ4v) is 4.16. The molecule has 0 spiro atoms. The summed E-state index contributed by atoms with van der Waals surface area (Å²) in [7, 11) is 0. The van der Waals surface area contributed by atoms with Gasteiger partial charge in [0, 0.05) is 42.4 Å². The van der Waals surface area contributed by atoms with Gasteiger partial charge in [0.05, 0.1) is 17.9 Å². The van der Waals surface area contributed by atoms with Crippen molar-refractivity contribution in [2.24, 2.45) is 0 Å². The van der Waals surface area contributed by atoms with Gasteiger partial charge in [-0.2, -0.15) is 0 Å². The van der Waals surface area contributed by atoms with Crippen molar-refractivity contribution in [2.75, 3.05) is 29.0 Å². The number of nitrogens with one attached hydrogen (secondary N) is 1. The third-order valence-electron chi connectivity index (χ3n) is 4.85. The summed E-state index contributed by atoms with van der Waals surface area (Å²) in [6, 6.07) is 15.3. The summed E-state index contributed by atoms with van der Waals surface area (Å²) in [4.78, 5) is 19.3. The molecule has 1 aromatic heterocycles. The Balaban J connectivity index is 0.000000914. The molecule has 1 aliphatic rings. The Morgan fingerprint density at radius 1 is 1.19 bits per heavy atom. The lowest BCUT2D eigenvalue weighted by Crippen LogP contribution is -2.45. The molecule has 1 saturated heterocycles.